The van der Waals surface area contributed by atoms with Gasteiger partial charge in [-0.05, 0) is 56.7 Å². The normalized spacial score (nSPS) is 11.8. The van der Waals surface area contributed by atoms with E-state index in [9.17, 15) is 9.18 Å². The van der Waals surface area contributed by atoms with E-state index in [1.165, 1.54) is 16.8 Å². The van der Waals surface area contributed by atoms with Crippen molar-refractivity contribution in [3.8, 4) is 5.69 Å². The van der Waals surface area contributed by atoms with E-state index in [1.807, 2.05) is 38.1 Å². The zero-order chi connectivity index (χ0) is 18.7. The number of benzene rings is 2. The predicted octanol–water partition coefficient (Wildman–Crippen LogP) is 4.71. The third-order valence-electron chi connectivity index (χ3n) is 4.24. The van der Waals surface area contributed by atoms with E-state index in [-0.39, 0.29) is 11.4 Å². The molecule has 0 spiro atoms. The number of hydrogen-bond donors (Lipinski definition) is 1. The summed E-state index contributed by atoms with van der Waals surface area (Å²) in [6.45, 7) is 5.93. The largest absolute Gasteiger partial charge is 0.294 e. The van der Waals surface area contributed by atoms with E-state index in [1.54, 1.807) is 12.1 Å². The molecule has 134 valence electrons. The highest BCUT2D eigenvalue weighted by atomic mass is 19.1. The Labute approximate surface area is 152 Å². The lowest BCUT2D eigenvalue weighted by Crippen LogP contribution is -2.19. The summed E-state index contributed by atoms with van der Waals surface area (Å²) < 4.78 is 14.6. The Morgan fingerprint density at radius 1 is 1.12 bits per heavy atom. The first-order valence-corrected chi connectivity index (χ1v) is 8.71. The highest BCUT2D eigenvalue weighted by Crippen LogP contribution is 2.17. The predicted molar refractivity (Wildman–Crippen MR) is 103 cm³/mol. The summed E-state index contributed by atoms with van der Waals surface area (Å²) in [6.07, 6.45) is 1.63. The van der Waals surface area contributed by atoms with E-state index in [4.69, 9.17) is 0 Å². The molecule has 0 bridgehead atoms. The molecule has 26 heavy (non-hydrogen) atoms. The van der Waals surface area contributed by atoms with Crippen LogP contribution in [-0.4, -0.2) is 15.5 Å². The van der Waals surface area contributed by atoms with Crippen LogP contribution in [-0.2, 0) is 6.42 Å². The summed E-state index contributed by atoms with van der Waals surface area (Å²) in [5.74, 6) is -0.334. The molecule has 0 aliphatic rings. The van der Waals surface area contributed by atoms with Crippen LogP contribution in [0.2, 0.25) is 0 Å². The van der Waals surface area contributed by atoms with Crippen molar-refractivity contribution in [3.63, 3.8) is 0 Å². The van der Waals surface area contributed by atoms with Crippen molar-refractivity contribution in [2.75, 3.05) is 0 Å². The summed E-state index contributed by atoms with van der Waals surface area (Å²) in [5.41, 5.74) is 4.49. The van der Waals surface area contributed by atoms with Crippen LogP contribution >= 0.6 is 0 Å². The second-order valence-corrected chi connectivity index (χ2v) is 6.37. The topological polar surface area (TPSA) is 50.1 Å². The van der Waals surface area contributed by atoms with Crippen molar-refractivity contribution in [2.24, 2.45) is 4.99 Å². The smallest absolute Gasteiger partial charge is 0.280 e. The fourth-order valence-electron chi connectivity index (χ4n) is 2.93. The van der Waals surface area contributed by atoms with Gasteiger partial charge in [0.1, 0.15) is 5.82 Å². The van der Waals surface area contributed by atoms with Gasteiger partial charge in [0.05, 0.1) is 22.6 Å². The lowest BCUT2D eigenvalue weighted by Gasteiger charge is -2.01. The minimum Gasteiger partial charge on any atom is -0.294 e. The Morgan fingerprint density at radius 2 is 1.77 bits per heavy atom. The Morgan fingerprint density at radius 3 is 2.38 bits per heavy atom. The van der Waals surface area contributed by atoms with Crippen molar-refractivity contribution in [1.82, 2.24) is 9.78 Å². The number of H-pyrrole nitrogens is 1. The number of nitrogens with zero attached hydrogens (tertiary/aromatic N) is 2. The number of aromatic nitrogens is 2. The number of nitrogens with one attached hydrogen (secondary N) is 1. The van der Waals surface area contributed by atoms with Gasteiger partial charge >= 0.3 is 0 Å². The Kier molecular flexibility index (Phi) is 5.16. The average Bonchev–Trinajstić information content (AvgIpc) is 2.94. The van der Waals surface area contributed by atoms with Crippen LogP contribution in [0.5, 0.6) is 0 Å². The van der Waals surface area contributed by atoms with Crippen molar-refractivity contribution in [2.45, 2.75) is 33.6 Å². The minimum absolute atomic E-state index is 0.173. The third kappa shape index (κ3) is 3.67. The lowest BCUT2D eigenvalue weighted by molar-refractivity contribution is 0.626. The number of hydrogen-bond acceptors (Lipinski definition) is 2. The molecule has 5 heteroatoms. The van der Waals surface area contributed by atoms with Gasteiger partial charge in [-0.2, -0.15) is 0 Å². The van der Waals surface area contributed by atoms with Crippen LogP contribution in [0.3, 0.4) is 0 Å². The first-order chi connectivity index (χ1) is 12.5. The van der Waals surface area contributed by atoms with E-state index >= 15 is 0 Å². The molecule has 1 heterocycles. The van der Waals surface area contributed by atoms with Gasteiger partial charge in [0.2, 0.25) is 0 Å². The van der Waals surface area contributed by atoms with Crippen molar-refractivity contribution < 1.29 is 4.39 Å². The van der Waals surface area contributed by atoms with Crippen LogP contribution in [0.15, 0.2) is 58.3 Å². The third-order valence-corrected chi connectivity index (χ3v) is 4.24. The molecule has 1 N–H and O–H groups in total. The van der Waals surface area contributed by atoms with Crippen molar-refractivity contribution in [1.29, 1.82) is 0 Å². The maximum Gasteiger partial charge on any atom is 0.280 e. The second-order valence-electron chi connectivity index (χ2n) is 6.37. The molecule has 0 unspecified atom stereocenters. The minimum atomic E-state index is -0.334. The van der Waals surface area contributed by atoms with Crippen molar-refractivity contribution >= 4 is 11.4 Å². The van der Waals surface area contributed by atoms with Gasteiger partial charge in [0.15, 0.2) is 0 Å². The molecule has 0 fully saturated rings. The lowest BCUT2D eigenvalue weighted by atomic mass is 10.1. The standard InChI is InChI=1S/C21H22FN3O/c1-4-5-19-20(15(3)23-17-10-6-14(2)7-11-17)21(26)25(24-19)18-12-8-16(22)9-13-18/h6-13,24H,4-5H2,1-3H3. The summed E-state index contributed by atoms with van der Waals surface area (Å²) in [4.78, 5) is 17.6. The maximum absolute atomic E-state index is 13.2. The molecule has 0 saturated heterocycles. The molecule has 2 aromatic carbocycles. The molecule has 0 amide bonds. The molecule has 4 nitrogen and oxygen atoms in total. The zero-order valence-corrected chi connectivity index (χ0v) is 15.2. The zero-order valence-electron chi connectivity index (χ0n) is 15.2. The molecule has 0 radical (unpaired) electrons. The van der Waals surface area contributed by atoms with Gasteiger partial charge in [0.25, 0.3) is 5.56 Å². The van der Waals surface area contributed by atoms with Crippen LogP contribution in [0.25, 0.3) is 5.69 Å². The quantitative estimate of drug-likeness (QED) is 0.665. The number of halogens is 1. The van der Waals surface area contributed by atoms with Gasteiger partial charge in [-0.25, -0.2) is 9.07 Å². The van der Waals surface area contributed by atoms with Crippen LogP contribution < -0.4 is 5.56 Å². The Hall–Kier alpha value is -2.95. The molecule has 0 atom stereocenters. The van der Waals surface area contributed by atoms with Gasteiger partial charge in [-0.3, -0.25) is 14.9 Å². The molecule has 3 aromatic rings. The van der Waals surface area contributed by atoms with E-state index < -0.39 is 0 Å². The van der Waals surface area contributed by atoms with Crippen LogP contribution in [0, 0.1) is 12.7 Å². The monoisotopic (exact) mass is 351 g/mol. The number of aliphatic imine (C=N–C) groups is 1. The van der Waals surface area contributed by atoms with Gasteiger partial charge in [0, 0.05) is 5.69 Å². The fraction of sp³-hybridized carbons (Fsp3) is 0.238. The molecule has 0 aliphatic carbocycles. The van der Waals surface area contributed by atoms with Gasteiger partial charge in [-0.1, -0.05) is 31.0 Å². The number of aromatic amines is 1. The highest BCUT2D eigenvalue weighted by Gasteiger charge is 2.17. The average molecular weight is 351 g/mol. The molecular weight excluding hydrogens is 329 g/mol. The van der Waals surface area contributed by atoms with Gasteiger partial charge < -0.3 is 0 Å². The second kappa shape index (κ2) is 7.52. The molecule has 3 rings (SSSR count). The van der Waals surface area contributed by atoms with Crippen LogP contribution in [0.1, 0.15) is 37.1 Å². The SMILES string of the molecule is CCCc1[nH]n(-c2ccc(F)cc2)c(=O)c1C(C)=Nc1ccc(C)cc1. The van der Waals surface area contributed by atoms with E-state index in [0.29, 0.717) is 17.0 Å². The van der Waals surface area contributed by atoms with E-state index in [0.717, 1.165) is 29.8 Å². The summed E-state index contributed by atoms with van der Waals surface area (Å²) in [7, 11) is 0. The number of aryl methyl sites for hydroxylation is 2. The molecule has 0 saturated carbocycles. The summed E-state index contributed by atoms with van der Waals surface area (Å²) in [6, 6.07) is 13.7. The van der Waals surface area contributed by atoms with Crippen LogP contribution in [0.4, 0.5) is 10.1 Å². The maximum atomic E-state index is 13.2. The first kappa shape index (κ1) is 17.9. The first-order valence-electron chi connectivity index (χ1n) is 8.71. The number of rotatable bonds is 5. The Balaban J connectivity index is 2.09. The molecule has 1 aromatic heterocycles. The van der Waals surface area contributed by atoms with Gasteiger partial charge in [-0.15, -0.1) is 0 Å². The molecular formula is C21H22FN3O. The molecule has 0 aliphatic heterocycles. The van der Waals surface area contributed by atoms with Crippen molar-refractivity contribution in [3.05, 3.63) is 81.5 Å². The Bertz CT molecular complexity index is 980. The summed E-state index contributed by atoms with van der Waals surface area (Å²) >= 11 is 0. The van der Waals surface area contributed by atoms with E-state index in [2.05, 4.69) is 17.0 Å². The fourth-order valence-corrected chi connectivity index (χ4v) is 2.93. The summed E-state index contributed by atoms with van der Waals surface area (Å²) in [5, 5.41) is 3.16. The highest BCUT2D eigenvalue weighted by molar-refractivity contribution is 6.01.